The molecule has 0 radical (unpaired) electrons. The van der Waals surface area contributed by atoms with Gasteiger partial charge in [-0.2, -0.15) is 0 Å². The lowest BCUT2D eigenvalue weighted by molar-refractivity contribution is -0.0411. The van der Waals surface area contributed by atoms with Gasteiger partial charge in [-0.15, -0.1) is 0 Å². The molecule has 1 aromatic rings. The molecule has 0 spiro atoms. The maximum atomic E-state index is 12.9. The number of piperidine rings is 1. The molecule has 0 saturated carbocycles. The lowest BCUT2D eigenvalue weighted by Crippen LogP contribution is -2.49. The van der Waals surface area contributed by atoms with E-state index in [9.17, 15) is 14.3 Å². The van der Waals surface area contributed by atoms with Crippen LogP contribution in [0.15, 0.2) is 24.3 Å². The zero-order valence-electron chi connectivity index (χ0n) is 10.1. The number of hydrogen-bond donors (Lipinski definition) is 2. The Kier molecular flexibility index (Phi) is 3.26. The van der Waals surface area contributed by atoms with Crippen LogP contribution in [0.1, 0.15) is 25.3 Å². The van der Waals surface area contributed by atoms with Crippen molar-refractivity contribution in [2.75, 3.05) is 6.54 Å². The highest BCUT2D eigenvalue weighted by Crippen LogP contribution is 2.35. The minimum absolute atomic E-state index is 0.258. The summed E-state index contributed by atoms with van der Waals surface area (Å²) in [5, 5.41) is 19.5. The molecule has 1 amide bonds. The average molecular weight is 253 g/mol. The normalized spacial score (nSPS) is 28.2. The van der Waals surface area contributed by atoms with Gasteiger partial charge in [-0.05, 0) is 31.0 Å². The molecule has 1 heterocycles. The molecule has 0 aromatic heterocycles. The molecule has 0 aliphatic carbocycles. The van der Waals surface area contributed by atoms with Crippen molar-refractivity contribution in [3.05, 3.63) is 35.6 Å². The van der Waals surface area contributed by atoms with E-state index < -0.39 is 11.7 Å². The van der Waals surface area contributed by atoms with E-state index in [0.717, 1.165) is 0 Å². The zero-order chi connectivity index (χ0) is 13.3. The fourth-order valence-corrected chi connectivity index (χ4v) is 2.53. The second kappa shape index (κ2) is 4.57. The first kappa shape index (κ1) is 12.8. The van der Waals surface area contributed by atoms with Gasteiger partial charge in [-0.25, -0.2) is 9.18 Å². The van der Waals surface area contributed by atoms with Crippen molar-refractivity contribution in [3.8, 4) is 0 Å². The van der Waals surface area contributed by atoms with Gasteiger partial charge in [-0.1, -0.05) is 12.1 Å². The fraction of sp³-hybridized carbons (Fsp3) is 0.462. The summed E-state index contributed by atoms with van der Waals surface area (Å²) in [6, 6.07) is 5.46. The Labute approximate surface area is 105 Å². The molecule has 1 saturated heterocycles. The van der Waals surface area contributed by atoms with Crippen molar-refractivity contribution in [2.24, 2.45) is 0 Å². The van der Waals surface area contributed by atoms with Crippen molar-refractivity contribution in [1.82, 2.24) is 4.90 Å². The van der Waals surface area contributed by atoms with E-state index in [2.05, 4.69) is 0 Å². The summed E-state index contributed by atoms with van der Waals surface area (Å²) in [5.41, 5.74) is -0.431. The molecular weight excluding hydrogens is 237 g/mol. The van der Waals surface area contributed by atoms with Crippen molar-refractivity contribution < 1.29 is 19.4 Å². The molecule has 98 valence electrons. The van der Waals surface area contributed by atoms with Gasteiger partial charge in [0.05, 0.1) is 5.60 Å². The summed E-state index contributed by atoms with van der Waals surface area (Å²) < 4.78 is 12.9. The van der Waals surface area contributed by atoms with Crippen LogP contribution in [0.25, 0.3) is 0 Å². The molecule has 1 fully saturated rings. The molecule has 2 N–H and O–H groups in total. The predicted molar refractivity (Wildman–Crippen MR) is 63.7 cm³/mol. The summed E-state index contributed by atoms with van der Waals surface area (Å²) in [7, 11) is 0. The van der Waals surface area contributed by atoms with Crippen LogP contribution < -0.4 is 0 Å². The highest BCUT2D eigenvalue weighted by Gasteiger charge is 2.39. The van der Waals surface area contributed by atoms with E-state index >= 15 is 0 Å². The van der Waals surface area contributed by atoms with E-state index in [-0.39, 0.29) is 18.4 Å². The minimum atomic E-state index is -1.07. The fourth-order valence-electron chi connectivity index (χ4n) is 2.53. The van der Waals surface area contributed by atoms with Crippen LogP contribution in [0.4, 0.5) is 9.18 Å². The highest BCUT2D eigenvalue weighted by molar-refractivity contribution is 5.65. The number of benzene rings is 1. The number of rotatable bonds is 1. The van der Waals surface area contributed by atoms with E-state index in [1.807, 2.05) is 0 Å². The van der Waals surface area contributed by atoms with Crippen LogP contribution in [0.3, 0.4) is 0 Å². The van der Waals surface area contributed by atoms with Crippen molar-refractivity contribution in [2.45, 2.75) is 31.4 Å². The Morgan fingerprint density at radius 2 is 2.06 bits per heavy atom. The maximum absolute atomic E-state index is 12.9. The predicted octanol–water partition coefficient (Wildman–Crippen LogP) is 2.18. The third kappa shape index (κ3) is 2.31. The molecule has 18 heavy (non-hydrogen) atoms. The van der Waals surface area contributed by atoms with Crippen molar-refractivity contribution >= 4 is 6.09 Å². The highest BCUT2D eigenvalue weighted by atomic mass is 19.1. The molecule has 0 bridgehead atoms. The third-order valence-electron chi connectivity index (χ3n) is 3.56. The summed E-state index contributed by atoms with van der Waals surface area (Å²) >= 11 is 0. The van der Waals surface area contributed by atoms with E-state index in [0.29, 0.717) is 18.4 Å². The number of hydrogen-bond acceptors (Lipinski definition) is 2. The van der Waals surface area contributed by atoms with Crippen LogP contribution in [0.5, 0.6) is 0 Å². The van der Waals surface area contributed by atoms with Gasteiger partial charge in [-0.3, -0.25) is 0 Å². The Hall–Kier alpha value is -1.62. The smallest absolute Gasteiger partial charge is 0.407 e. The number of carboxylic acid groups (broad SMARTS) is 1. The number of nitrogens with zero attached hydrogens (tertiary/aromatic N) is 1. The second-order valence-corrected chi connectivity index (χ2v) is 4.82. The van der Waals surface area contributed by atoms with E-state index in [1.165, 1.54) is 17.0 Å². The Morgan fingerprint density at radius 1 is 1.44 bits per heavy atom. The van der Waals surface area contributed by atoms with Gasteiger partial charge < -0.3 is 15.1 Å². The summed E-state index contributed by atoms with van der Waals surface area (Å²) in [6.07, 6.45) is -0.316. The average Bonchev–Trinajstić information content (AvgIpc) is 2.29. The summed E-state index contributed by atoms with van der Waals surface area (Å²) in [6.45, 7) is 2.05. The standard InChI is InChI=1S/C13H16FNO3/c1-9-8-13(18,6-7-15(9)12(16)17)10-2-4-11(14)5-3-10/h2-5,9,18H,6-8H2,1H3,(H,16,17). The lowest BCUT2D eigenvalue weighted by atomic mass is 9.81. The van der Waals surface area contributed by atoms with Crippen molar-refractivity contribution in [3.63, 3.8) is 0 Å². The Bertz CT molecular complexity index is 448. The molecular formula is C13H16FNO3. The van der Waals surface area contributed by atoms with Crippen LogP contribution in [-0.4, -0.2) is 33.8 Å². The summed E-state index contributed by atoms with van der Waals surface area (Å²) in [4.78, 5) is 12.3. The largest absolute Gasteiger partial charge is 0.465 e. The molecule has 1 aliphatic rings. The first-order valence-electron chi connectivity index (χ1n) is 5.90. The minimum Gasteiger partial charge on any atom is -0.465 e. The number of carbonyl (C=O) groups is 1. The van der Waals surface area contributed by atoms with Crippen LogP contribution in [0.2, 0.25) is 0 Å². The lowest BCUT2D eigenvalue weighted by Gasteiger charge is -2.41. The maximum Gasteiger partial charge on any atom is 0.407 e. The van der Waals surface area contributed by atoms with Crippen LogP contribution >= 0.6 is 0 Å². The van der Waals surface area contributed by atoms with Crippen LogP contribution in [-0.2, 0) is 5.60 Å². The zero-order valence-corrected chi connectivity index (χ0v) is 10.1. The second-order valence-electron chi connectivity index (χ2n) is 4.82. The third-order valence-corrected chi connectivity index (χ3v) is 3.56. The molecule has 2 atom stereocenters. The number of likely N-dealkylation sites (tertiary alicyclic amines) is 1. The molecule has 1 aromatic carbocycles. The van der Waals surface area contributed by atoms with Gasteiger partial charge in [0.25, 0.3) is 0 Å². The van der Waals surface area contributed by atoms with Gasteiger partial charge in [0, 0.05) is 19.0 Å². The number of amides is 1. The first-order chi connectivity index (χ1) is 8.42. The first-order valence-corrected chi connectivity index (χ1v) is 5.90. The Morgan fingerprint density at radius 3 is 2.56 bits per heavy atom. The van der Waals surface area contributed by atoms with Gasteiger partial charge >= 0.3 is 6.09 Å². The summed E-state index contributed by atoms with van der Waals surface area (Å²) in [5.74, 6) is -0.349. The van der Waals surface area contributed by atoms with Gasteiger partial charge in [0.2, 0.25) is 0 Å². The number of aliphatic hydroxyl groups is 1. The molecule has 5 heteroatoms. The molecule has 2 unspecified atom stereocenters. The number of halogens is 1. The van der Waals surface area contributed by atoms with E-state index in [4.69, 9.17) is 5.11 Å². The van der Waals surface area contributed by atoms with Gasteiger partial charge in [0.1, 0.15) is 5.82 Å². The topological polar surface area (TPSA) is 60.8 Å². The molecule has 2 rings (SSSR count). The molecule has 1 aliphatic heterocycles. The SMILES string of the molecule is CC1CC(O)(c2ccc(F)cc2)CCN1C(=O)O. The quantitative estimate of drug-likeness (QED) is 0.806. The molecule has 4 nitrogen and oxygen atoms in total. The monoisotopic (exact) mass is 253 g/mol. The van der Waals surface area contributed by atoms with E-state index in [1.54, 1.807) is 19.1 Å². The van der Waals surface area contributed by atoms with Crippen LogP contribution in [0, 0.1) is 5.82 Å². The van der Waals surface area contributed by atoms with Crippen molar-refractivity contribution in [1.29, 1.82) is 0 Å². The van der Waals surface area contributed by atoms with Gasteiger partial charge in [0.15, 0.2) is 0 Å². The Balaban J connectivity index is 2.19.